The standard InChI is InChI=1S/C13H15FO3/c1-17-8-9-2-3-10(11(14)6-9)13(4-5-13)7-12(15)16/h2-3,6H,4-5,7-8H2,1H3,(H,15,16). The maximum atomic E-state index is 13.9. The molecule has 0 aromatic heterocycles. The molecule has 1 aliphatic rings. The Morgan fingerprint density at radius 3 is 2.71 bits per heavy atom. The van der Waals surface area contributed by atoms with Gasteiger partial charge in [-0.25, -0.2) is 4.39 Å². The summed E-state index contributed by atoms with van der Waals surface area (Å²) in [7, 11) is 1.55. The van der Waals surface area contributed by atoms with Crippen LogP contribution >= 0.6 is 0 Å². The molecule has 0 saturated heterocycles. The number of carboxylic acid groups (broad SMARTS) is 1. The molecule has 0 atom stereocenters. The molecule has 2 rings (SSSR count). The van der Waals surface area contributed by atoms with Gasteiger partial charge in [-0.05, 0) is 30.0 Å². The number of benzene rings is 1. The number of rotatable bonds is 5. The van der Waals surface area contributed by atoms with E-state index in [9.17, 15) is 9.18 Å². The number of carboxylic acids is 1. The van der Waals surface area contributed by atoms with Crippen LogP contribution in [0.3, 0.4) is 0 Å². The van der Waals surface area contributed by atoms with E-state index < -0.39 is 11.4 Å². The topological polar surface area (TPSA) is 46.5 Å². The summed E-state index contributed by atoms with van der Waals surface area (Å²) in [5.41, 5.74) is 0.821. The van der Waals surface area contributed by atoms with Crippen LogP contribution in [-0.4, -0.2) is 18.2 Å². The van der Waals surface area contributed by atoms with E-state index in [0.717, 1.165) is 18.4 Å². The minimum atomic E-state index is -0.872. The van der Waals surface area contributed by atoms with E-state index >= 15 is 0 Å². The maximum absolute atomic E-state index is 13.9. The molecular formula is C13H15FO3. The molecule has 1 fully saturated rings. The van der Waals surface area contributed by atoms with Gasteiger partial charge in [0.15, 0.2) is 0 Å². The summed E-state index contributed by atoms with van der Waals surface area (Å²) in [5, 5.41) is 8.84. The van der Waals surface area contributed by atoms with Gasteiger partial charge in [0.05, 0.1) is 13.0 Å². The number of carbonyl (C=O) groups is 1. The fraction of sp³-hybridized carbons (Fsp3) is 0.462. The Balaban J connectivity index is 2.24. The first-order chi connectivity index (χ1) is 8.07. The molecule has 0 amide bonds. The number of methoxy groups -OCH3 is 1. The van der Waals surface area contributed by atoms with Crippen molar-refractivity contribution in [2.24, 2.45) is 0 Å². The fourth-order valence-corrected chi connectivity index (χ4v) is 2.23. The van der Waals surface area contributed by atoms with Gasteiger partial charge >= 0.3 is 5.97 Å². The highest BCUT2D eigenvalue weighted by Crippen LogP contribution is 2.51. The summed E-state index contributed by atoms with van der Waals surface area (Å²) in [6.07, 6.45) is 1.51. The van der Waals surface area contributed by atoms with Crippen LogP contribution in [-0.2, 0) is 21.6 Å². The van der Waals surface area contributed by atoms with Crippen molar-refractivity contribution in [3.63, 3.8) is 0 Å². The van der Waals surface area contributed by atoms with Crippen LogP contribution in [0.25, 0.3) is 0 Å². The number of halogens is 1. The van der Waals surface area contributed by atoms with Crippen LogP contribution < -0.4 is 0 Å². The molecule has 0 heterocycles. The zero-order valence-corrected chi connectivity index (χ0v) is 9.70. The lowest BCUT2D eigenvalue weighted by Gasteiger charge is -2.14. The Morgan fingerprint density at radius 2 is 2.24 bits per heavy atom. The highest BCUT2D eigenvalue weighted by Gasteiger charge is 2.47. The Hall–Kier alpha value is -1.42. The van der Waals surface area contributed by atoms with Crippen molar-refractivity contribution in [1.29, 1.82) is 0 Å². The summed E-state index contributed by atoms with van der Waals surface area (Å²) in [6.45, 7) is 0.364. The molecule has 1 saturated carbocycles. The molecule has 1 aromatic carbocycles. The second-order valence-electron chi connectivity index (χ2n) is 4.60. The summed E-state index contributed by atoms with van der Waals surface area (Å²) in [5.74, 6) is -1.19. The molecule has 1 aliphatic carbocycles. The minimum Gasteiger partial charge on any atom is -0.481 e. The van der Waals surface area contributed by atoms with Crippen molar-refractivity contribution >= 4 is 5.97 Å². The van der Waals surface area contributed by atoms with Gasteiger partial charge in [0.2, 0.25) is 0 Å². The third-order valence-electron chi connectivity index (χ3n) is 3.26. The SMILES string of the molecule is COCc1ccc(C2(CC(=O)O)CC2)c(F)c1. The van der Waals surface area contributed by atoms with Gasteiger partial charge in [-0.1, -0.05) is 12.1 Å². The predicted molar refractivity (Wildman–Crippen MR) is 60.3 cm³/mol. The summed E-state index contributed by atoms with van der Waals surface area (Å²) in [4.78, 5) is 10.8. The smallest absolute Gasteiger partial charge is 0.304 e. The highest BCUT2D eigenvalue weighted by molar-refractivity contribution is 5.70. The third kappa shape index (κ3) is 2.47. The molecule has 0 aliphatic heterocycles. The van der Waals surface area contributed by atoms with E-state index in [0.29, 0.717) is 12.2 Å². The molecule has 4 heteroatoms. The first kappa shape index (κ1) is 12.0. The molecule has 0 unspecified atom stereocenters. The molecule has 0 bridgehead atoms. The van der Waals surface area contributed by atoms with Gasteiger partial charge in [0.1, 0.15) is 5.82 Å². The van der Waals surface area contributed by atoms with Crippen molar-refractivity contribution in [3.8, 4) is 0 Å². The zero-order valence-electron chi connectivity index (χ0n) is 9.70. The van der Waals surface area contributed by atoms with Crippen LogP contribution in [0.15, 0.2) is 18.2 Å². The lowest BCUT2D eigenvalue weighted by molar-refractivity contribution is -0.137. The number of aliphatic carboxylic acids is 1. The molecule has 17 heavy (non-hydrogen) atoms. The van der Waals surface area contributed by atoms with E-state index in [4.69, 9.17) is 9.84 Å². The average Bonchev–Trinajstić information content (AvgIpc) is 2.98. The Labute approximate surface area is 99.2 Å². The van der Waals surface area contributed by atoms with E-state index in [1.807, 2.05) is 0 Å². The minimum absolute atomic E-state index is 0.00748. The maximum Gasteiger partial charge on any atom is 0.304 e. The first-order valence-electron chi connectivity index (χ1n) is 5.57. The van der Waals surface area contributed by atoms with E-state index in [1.54, 1.807) is 19.2 Å². The van der Waals surface area contributed by atoms with Crippen molar-refractivity contribution < 1.29 is 19.0 Å². The fourth-order valence-electron chi connectivity index (χ4n) is 2.23. The van der Waals surface area contributed by atoms with Gasteiger partial charge in [-0.15, -0.1) is 0 Å². The Bertz CT molecular complexity index is 438. The summed E-state index contributed by atoms with van der Waals surface area (Å²) < 4.78 is 18.8. The number of hydrogen-bond donors (Lipinski definition) is 1. The van der Waals surface area contributed by atoms with Gasteiger partial charge in [-0.3, -0.25) is 4.79 Å². The lowest BCUT2D eigenvalue weighted by atomic mass is 9.91. The Morgan fingerprint density at radius 1 is 1.53 bits per heavy atom. The summed E-state index contributed by atoms with van der Waals surface area (Å²) >= 11 is 0. The van der Waals surface area contributed by atoms with Crippen molar-refractivity contribution in [2.75, 3.05) is 7.11 Å². The van der Waals surface area contributed by atoms with E-state index in [2.05, 4.69) is 0 Å². The van der Waals surface area contributed by atoms with E-state index in [-0.39, 0.29) is 12.2 Å². The van der Waals surface area contributed by atoms with Crippen LogP contribution in [0, 0.1) is 5.82 Å². The lowest BCUT2D eigenvalue weighted by Crippen LogP contribution is -2.14. The van der Waals surface area contributed by atoms with Crippen LogP contribution in [0.2, 0.25) is 0 Å². The Kier molecular flexibility index (Phi) is 3.15. The van der Waals surface area contributed by atoms with Gasteiger partial charge in [0.25, 0.3) is 0 Å². The molecule has 1 N–H and O–H groups in total. The molecule has 92 valence electrons. The van der Waals surface area contributed by atoms with Gasteiger partial charge in [0, 0.05) is 12.5 Å². The first-order valence-corrected chi connectivity index (χ1v) is 5.57. The molecule has 0 radical (unpaired) electrons. The van der Waals surface area contributed by atoms with Crippen molar-refractivity contribution in [3.05, 3.63) is 35.1 Å². The van der Waals surface area contributed by atoms with Crippen LogP contribution in [0.5, 0.6) is 0 Å². The number of hydrogen-bond acceptors (Lipinski definition) is 2. The van der Waals surface area contributed by atoms with Crippen LogP contribution in [0.4, 0.5) is 4.39 Å². The average molecular weight is 238 g/mol. The second kappa shape index (κ2) is 4.45. The zero-order chi connectivity index (χ0) is 12.5. The second-order valence-corrected chi connectivity index (χ2v) is 4.60. The normalized spacial score (nSPS) is 16.8. The monoisotopic (exact) mass is 238 g/mol. The molecule has 3 nitrogen and oxygen atoms in total. The van der Waals surface area contributed by atoms with E-state index in [1.165, 1.54) is 6.07 Å². The largest absolute Gasteiger partial charge is 0.481 e. The van der Waals surface area contributed by atoms with Gasteiger partial charge < -0.3 is 9.84 Å². The molecule has 0 spiro atoms. The van der Waals surface area contributed by atoms with Crippen molar-refractivity contribution in [1.82, 2.24) is 0 Å². The number of ether oxygens (including phenoxy) is 1. The predicted octanol–water partition coefficient (Wildman–Crippen LogP) is 2.48. The quantitative estimate of drug-likeness (QED) is 0.857. The van der Waals surface area contributed by atoms with Crippen LogP contribution in [0.1, 0.15) is 30.4 Å². The molecule has 1 aromatic rings. The highest BCUT2D eigenvalue weighted by atomic mass is 19.1. The molecular weight excluding hydrogens is 223 g/mol. The third-order valence-corrected chi connectivity index (χ3v) is 3.26. The summed E-state index contributed by atoms with van der Waals surface area (Å²) in [6, 6.07) is 4.92. The van der Waals surface area contributed by atoms with Crippen molar-refractivity contribution in [2.45, 2.75) is 31.3 Å². The van der Waals surface area contributed by atoms with Gasteiger partial charge in [-0.2, -0.15) is 0 Å².